The maximum atomic E-state index is 12.6. The standard InChI is InChI=1S/C25H30N2O2/c28-25-13-12-22-11-10-21(8-4-5-9-23-19-26-15-17-29-23)18-24(22)27(25)16-14-20-6-2-1-3-7-20/h1-3,6-7,10-11,14,16,18,23,26H,4-5,8-9,12-13,15,17,19H2. The Labute approximate surface area is 173 Å². The number of benzene rings is 2. The zero-order chi connectivity index (χ0) is 19.9. The van der Waals surface area contributed by atoms with E-state index in [4.69, 9.17) is 4.74 Å². The second-order valence-corrected chi connectivity index (χ2v) is 7.90. The first-order valence-electron chi connectivity index (χ1n) is 10.8. The van der Waals surface area contributed by atoms with Gasteiger partial charge < -0.3 is 10.1 Å². The van der Waals surface area contributed by atoms with Crippen LogP contribution >= 0.6 is 0 Å². The average Bonchev–Trinajstić information content (AvgIpc) is 2.77. The van der Waals surface area contributed by atoms with Gasteiger partial charge in [0.1, 0.15) is 0 Å². The average molecular weight is 391 g/mol. The van der Waals surface area contributed by atoms with Crippen LogP contribution in [0.2, 0.25) is 0 Å². The van der Waals surface area contributed by atoms with Crippen molar-refractivity contribution in [2.75, 3.05) is 24.6 Å². The molecule has 4 rings (SSSR count). The highest BCUT2D eigenvalue weighted by atomic mass is 16.5. The number of unbranched alkanes of at least 4 members (excludes halogenated alkanes) is 1. The molecule has 29 heavy (non-hydrogen) atoms. The topological polar surface area (TPSA) is 41.6 Å². The van der Waals surface area contributed by atoms with Gasteiger partial charge in [-0.2, -0.15) is 0 Å². The third-order valence-corrected chi connectivity index (χ3v) is 5.75. The lowest BCUT2D eigenvalue weighted by Gasteiger charge is -2.27. The SMILES string of the molecule is O=C1CCc2ccc(CCCCC3CNCCO3)cc2N1C=Cc1ccccc1. The van der Waals surface area contributed by atoms with Gasteiger partial charge in [0, 0.05) is 25.7 Å². The number of carbonyl (C=O) groups excluding carboxylic acids is 1. The van der Waals surface area contributed by atoms with Crippen LogP contribution in [0.4, 0.5) is 5.69 Å². The number of hydrogen-bond donors (Lipinski definition) is 1. The highest BCUT2D eigenvalue weighted by Gasteiger charge is 2.22. The third-order valence-electron chi connectivity index (χ3n) is 5.75. The van der Waals surface area contributed by atoms with E-state index in [1.54, 1.807) is 0 Å². The number of hydrogen-bond acceptors (Lipinski definition) is 3. The maximum absolute atomic E-state index is 12.6. The van der Waals surface area contributed by atoms with Gasteiger partial charge in [0.25, 0.3) is 0 Å². The molecule has 0 aliphatic carbocycles. The molecule has 2 aromatic carbocycles. The van der Waals surface area contributed by atoms with Gasteiger partial charge in [-0.05, 0) is 54.5 Å². The smallest absolute Gasteiger partial charge is 0.231 e. The molecule has 2 aliphatic heterocycles. The molecule has 1 N–H and O–H groups in total. The summed E-state index contributed by atoms with van der Waals surface area (Å²) in [7, 11) is 0. The summed E-state index contributed by atoms with van der Waals surface area (Å²) in [5.74, 6) is 0.170. The summed E-state index contributed by atoms with van der Waals surface area (Å²) in [4.78, 5) is 14.4. The number of carbonyl (C=O) groups is 1. The van der Waals surface area contributed by atoms with Crippen LogP contribution in [0.25, 0.3) is 6.08 Å². The number of ether oxygens (including phenoxy) is 1. The van der Waals surface area contributed by atoms with Crippen LogP contribution in [0.1, 0.15) is 42.4 Å². The van der Waals surface area contributed by atoms with Crippen LogP contribution in [-0.4, -0.2) is 31.7 Å². The second kappa shape index (κ2) is 9.86. The van der Waals surface area contributed by atoms with Crippen molar-refractivity contribution >= 4 is 17.7 Å². The highest BCUT2D eigenvalue weighted by molar-refractivity contribution is 5.98. The molecule has 0 saturated carbocycles. The Morgan fingerprint density at radius 1 is 1.10 bits per heavy atom. The van der Waals surface area contributed by atoms with Gasteiger partial charge in [-0.25, -0.2) is 0 Å². The molecule has 1 atom stereocenters. The first kappa shape index (κ1) is 19.9. The van der Waals surface area contributed by atoms with E-state index in [1.807, 2.05) is 47.5 Å². The van der Waals surface area contributed by atoms with E-state index in [9.17, 15) is 4.79 Å². The van der Waals surface area contributed by atoms with E-state index < -0.39 is 0 Å². The first-order chi connectivity index (χ1) is 14.3. The number of anilines is 1. The molecule has 4 nitrogen and oxygen atoms in total. The van der Waals surface area contributed by atoms with E-state index in [-0.39, 0.29) is 5.91 Å². The van der Waals surface area contributed by atoms with Gasteiger partial charge in [-0.1, -0.05) is 48.9 Å². The van der Waals surface area contributed by atoms with Crippen molar-refractivity contribution in [3.63, 3.8) is 0 Å². The van der Waals surface area contributed by atoms with Gasteiger partial charge in [-0.3, -0.25) is 9.69 Å². The molecule has 152 valence electrons. The number of fused-ring (bicyclic) bond motifs is 1. The Bertz CT molecular complexity index is 841. The van der Waals surface area contributed by atoms with Crippen LogP contribution in [0.5, 0.6) is 0 Å². The van der Waals surface area contributed by atoms with E-state index in [2.05, 4.69) is 23.5 Å². The number of morpholine rings is 1. The summed E-state index contributed by atoms with van der Waals surface area (Å²) in [5, 5.41) is 3.39. The quantitative estimate of drug-likeness (QED) is 0.715. The molecule has 0 spiro atoms. The second-order valence-electron chi connectivity index (χ2n) is 7.90. The monoisotopic (exact) mass is 390 g/mol. The van der Waals surface area contributed by atoms with Crippen molar-refractivity contribution in [3.8, 4) is 0 Å². The molecule has 0 aromatic heterocycles. The van der Waals surface area contributed by atoms with Crippen LogP contribution in [0.15, 0.2) is 54.7 Å². The summed E-state index contributed by atoms with van der Waals surface area (Å²) in [5.41, 5.74) is 4.71. The normalized spacial score (nSPS) is 19.5. The molecule has 0 radical (unpaired) electrons. The van der Waals surface area contributed by atoms with Gasteiger partial charge >= 0.3 is 0 Å². The van der Waals surface area contributed by atoms with Crippen molar-refractivity contribution in [1.82, 2.24) is 5.32 Å². The number of rotatable bonds is 7. The molecule has 1 fully saturated rings. The fourth-order valence-electron chi connectivity index (χ4n) is 4.09. The minimum atomic E-state index is 0.170. The molecule has 2 heterocycles. The summed E-state index contributed by atoms with van der Waals surface area (Å²) in [6.45, 7) is 2.78. The molecule has 1 amide bonds. The molecule has 2 aromatic rings. The Hall–Kier alpha value is -2.43. The highest BCUT2D eigenvalue weighted by Crippen LogP contribution is 2.30. The lowest BCUT2D eigenvalue weighted by molar-refractivity contribution is -0.118. The minimum Gasteiger partial charge on any atom is -0.376 e. The zero-order valence-electron chi connectivity index (χ0n) is 17.0. The largest absolute Gasteiger partial charge is 0.376 e. The maximum Gasteiger partial charge on any atom is 0.231 e. The number of amides is 1. The first-order valence-corrected chi connectivity index (χ1v) is 10.8. The number of aryl methyl sites for hydroxylation is 2. The van der Waals surface area contributed by atoms with Gasteiger partial charge in [0.15, 0.2) is 0 Å². The number of nitrogens with zero attached hydrogens (tertiary/aromatic N) is 1. The summed E-state index contributed by atoms with van der Waals surface area (Å²) < 4.78 is 5.78. The Morgan fingerprint density at radius 3 is 2.83 bits per heavy atom. The lowest BCUT2D eigenvalue weighted by Crippen LogP contribution is -2.38. The fourth-order valence-corrected chi connectivity index (χ4v) is 4.09. The molecular weight excluding hydrogens is 360 g/mol. The Morgan fingerprint density at radius 2 is 2.00 bits per heavy atom. The van der Waals surface area contributed by atoms with Crippen LogP contribution in [-0.2, 0) is 22.4 Å². The van der Waals surface area contributed by atoms with Gasteiger partial charge in [0.05, 0.1) is 18.4 Å². The lowest BCUT2D eigenvalue weighted by atomic mass is 9.97. The van der Waals surface area contributed by atoms with Crippen molar-refractivity contribution in [2.24, 2.45) is 0 Å². The van der Waals surface area contributed by atoms with E-state index in [0.717, 1.165) is 56.6 Å². The van der Waals surface area contributed by atoms with E-state index in [1.165, 1.54) is 17.5 Å². The van der Waals surface area contributed by atoms with Gasteiger partial charge in [-0.15, -0.1) is 0 Å². The molecule has 1 saturated heterocycles. The van der Waals surface area contributed by atoms with Crippen molar-refractivity contribution in [2.45, 2.75) is 44.6 Å². The zero-order valence-corrected chi connectivity index (χ0v) is 17.0. The van der Waals surface area contributed by atoms with Crippen LogP contribution in [0, 0.1) is 0 Å². The Kier molecular flexibility index (Phi) is 6.75. The molecule has 4 heteroatoms. The summed E-state index contributed by atoms with van der Waals surface area (Å²) in [6.07, 6.45) is 10.2. The van der Waals surface area contributed by atoms with E-state index in [0.29, 0.717) is 12.5 Å². The van der Waals surface area contributed by atoms with Crippen molar-refractivity contribution in [3.05, 3.63) is 71.4 Å². The fraction of sp³-hybridized carbons (Fsp3) is 0.400. The van der Waals surface area contributed by atoms with E-state index >= 15 is 0 Å². The predicted octanol–water partition coefficient (Wildman–Crippen LogP) is 4.34. The molecule has 0 bridgehead atoms. The number of nitrogens with one attached hydrogen (secondary N) is 1. The predicted molar refractivity (Wildman–Crippen MR) is 118 cm³/mol. The molecule has 1 unspecified atom stereocenters. The summed E-state index contributed by atoms with van der Waals surface area (Å²) >= 11 is 0. The summed E-state index contributed by atoms with van der Waals surface area (Å²) in [6, 6.07) is 16.8. The third kappa shape index (κ3) is 5.34. The Balaban J connectivity index is 1.39. The van der Waals surface area contributed by atoms with Crippen molar-refractivity contribution in [1.29, 1.82) is 0 Å². The minimum absolute atomic E-state index is 0.170. The van der Waals surface area contributed by atoms with Crippen LogP contribution in [0.3, 0.4) is 0 Å². The van der Waals surface area contributed by atoms with Gasteiger partial charge in [0.2, 0.25) is 5.91 Å². The van der Waals surface area contributed by atoms with Crippen LogP contribution < -0.4 is 10.2 Å². The van der Waals surface area contributed by atoms with Crippen molar-refractivity contribution < 1.29 is 9.53 Å². The molecular formula is C25H30N2O2. The molecule has 2 aliphatic rings.